The van der Waals surface area contributed by atoms with Gasteiger partial charge in [-0.2, -0.15) is 0 Å². The Hall–Kier alpha value is -2.89. The molecule has 25 heavy (non-hydrogen) atoms. The molecule has 3 N–H and O–H groups in total. The van der Waals surface area contributed by atoms with Crippen LogP contribution in [0.4, 0.5) is 14.9 Å². The number of rotatable bonds is 6. The van der Waals surface area contributed by atoms with Crippen LogP contribution in [0.25, 0.3) is 0 Å². The average molecular weight is 341 g/mol. The first-order valence-corrected chi connectivity index (χ1v) is 8.27. The Morgan fingerprint density at radius 1 is 1.04 bits per heavy atom. The summed E-state index contributed by atoms with van der Waals surface area (Å²) in [6.07, 6.45) is 2.35. The van der Waals surface area contributed by atoms with Crippen LogP contribution in [0.5, 0.6) is 0 Å². The van der Waals surface area contributed by atoms with Gasteiger partial charge >= 0.3 is 6.03 Å². The largest absolute Gasteiger partial charge is 0.352 e. The number of nitrogens with one attached hydrogen (secondary N) is 3. The molecule has 0 aliphatic heterocycles. The second-order valence-corrected chi connectivity index (χ2v) is 6.13. The first kappa shape index (κ1) is 17.0. The van der Waals surface area contributed by atoms with Gasteiger partial charge in [-0.25, -0.2) is 9.18 Å². The Kier molecular flexibility index (Phi) is 5.28. The Balaban J connectivity index is 1.64. The lowest BCUT2D eigenvalue weighted by Gasteiger charge is -2.19. The summed E-state index contributed by atoms with van der Waals surface area (Å²) in [5, 5.41) is 8.24. The number of carbonyl (C=O) groups excluding carboxylic acids is 2. The van der Waals surface area contributed by atoms with Crippen molar-refractivity contribution in [1.29, 1.82) is 0 Å². The summed E-state index contributed by atoms with van der Waals surface area (Å²) in [6.45, 7) is 0. The maximum Gasteiger partial charge on any atom is 0.319 e. The van der Waals surface area contributed by atoms with Crippen LogP contribution in [0, 0.1) is 5.82 Å². The van der Waals surface area contributed by atoms with Gasteiger partial charge in [0.1, 0.15) is 11.9 Å². The molecule has 0 bridgehead atoms. The average Bonchev–Trinajstić information content (AvgIpc) is 3.41. The van der Waals surface area contributed by atoms with Crippen molar-refractivity contribution in [2.75, 3.05) is 5.32 Å². The van der Waals surface area contributed by atoms with E-state index in [1.165, 1.54) is 24.3 Å². The van der Waals surface area contributed by atoms with Crippen LogP contribution in [0.3, 0.4) is 0 Å². The summed E-state index contributed by atoms with van der Waals surface area (Å²) in [5.74, 6) is -0.572. The van der Waals surface area contributed by atoms with Crippen molar-refractivity contribution in [3.8, 4) is 0 Å². The van der Waals surface area contributed by atoms with Gasteiger partial charge in [-0.1, -0.05) is 30.3 Å². The second-order valence-electron chi connectivity index (χ2n) is 6.13. The molecular formula is C19H20FN3O2. The number of benzene rings is 2. The number of anilines is 1. The first-order valence-electron chi connectivity index (χ1n) is 8.27. The van der Waals surface area contributed by atoms with Crippen LogP contribution in [0.15, 0.2) is 54.6 Å². The molecule has 1 aliphatic carbocycles. The van der Waals surface area contributed by atoms with Crippen molar-refractivity contribution < 1.29 is 14.0 Å². The Labute approximate surface area is 145 Å². The van der Waals surface area contributed by atoms with Gasteiger partial charge in [-0.3, -0.25) is 4.79 Å². The molecule has 0 aromatic heterocycles. The van der Waals surface area contributed by atoms with E-state index in [0.29, 0.717) is 12.1 Å². The number of halogens is 1. The molecule has 1 atom stereocenters. The molecule has 0 radical (unpaired) electrons. The lowest BCUT2D eigenvalue weighted by Crippen LogP contribution is -2.49. The molecule has 1 fully saturated rings. The lowest BCUT2D eigenvalue weighted by atomic mass is 10.1. The van der Waals surface area contributed by atoms with E-state index in [4.69, 9.17) is 0 Å². The van der Waals surface area contributed by atoms with Crippen molar-refractivity contribution in [2.45, 2.75) is 31.3 Å². The van der Waals surface area contributed by atoms with Gasteiger partial charge in [0.15, 0.2) is 0 Å². The highest BCUT2D eigenvalue weighted by Crippen LogP contribution is 2.19. The van der Waals surface area contributed by atoms with E-state index >= 15 is 0 Å². The predicted molar refractivity (Wildman–Crippen MR) is 93.7 cm³/mol. The zero-order chi connectivity index (χ0) is 17.6. The van der Waals surface area contributed by atoms with Crippen molar-refractivity contribution in [1.82, 2.24) is 10.6 Å². The molecule has 0 spiro atoms. The molecule has 6 heteroatoms. The standard InChI is InChI=1S/C19H20FN3O2/c20-14-6-8-16(9-7-14)22-19(25)23-17(18(24)21-15-10-11-15)12-13-4-2-1-3-5-13/h1-9,15,17H,10-12H2,(H,21,24)(H2,22,23,25)/t17-/m1/s1. The molecule has 1 aliphatic rings. The molecule has 3 rings (SSSR count). The fourth-order valence-corrected chi connectivity index (χ4v) is 2.45. The number of hydrogen-bond donors (Lipinski definition) is 3. The van der Waals surface area contributed by atoms with E-state index in [1.54, 1.807) is 0 Å². The molecule has 2 aromatic carbocycles. The van der Waals surface area contributed by atoms with Gasteiger partial charge in [-0.05, 0) is 42.7 Å². The van der Waals surface area contributed by atoms with Gasteiger partial charge in [0.25, 0.3) is 0 Å². The van der Waals surface area contributed by atoms with Crippen LogP contribution in [0.1, 0.15) is 18.4 Å². The van der Waals surface area contributed by atoms with E-state index in [1.807, 2.05) is 30.3 Å². The van der Waals surface area contributed by atoms with E-state index in [-0.39, 0.29) is 17.8 Å². The van der Waals surface area contributed by atoms with Gasteiger partial charge in [-0.15, -0.1) is 0 Å². The highest BCUT2D eigenvalue weighted by atomic mass is 19.1. The molecule has 0 unspecified atom stereocenters. The number of hydrogen-bond acceptors (Lipinski definition) is 2. The van der Waals surface area contributed by atoms with Crippen molar-refractivity contribution in [3.63, 3.8) is 0 Å². The maximum absolute atomic E-state index is 12.9. The van der Waals surface area contributed by atoms with Gasteiger partial charge in [0.05, 0.1) is 0 Å². The Bertz CT molecular complexity index is 730. The Morgan fingerprint density at radius 2 is 1.72 bits per heavy atom. The fourth-order valence-electron chi connectivity index (χ4n) is 2.45. The number of urea groups is 1. The van der Waals surface area contributed by atoms with Crippen LogP contribution < -0.4 is 16.0 Å². The molecule has 5 nitrogen and oxygen atoms in total. The summed E-state index contributed by atoms with van der Waals surface area (Å²) >= 11 is 0. The summed E-state index contributed by atoms with van der Waals surface area (Å²) in [5.41, 5.74) is 1.42. The van der Waals surface area contributed by atoms with Crippen molar-refractivity contribution in [3.05, 3.63) is 66.0 Å². The smallest absolute Gasteiger partial charge is 0.319 e. The minimum absolute atomic E-state index is 0.194. The number of amides is 3. The monoisotopic (exact) mass is 341 g/mol. The van der Waals surface area contributed by atoms with Crippen molar-refractivity contribution >= 4 is 17.6 Å². The minimum Gasteiger partial charge on any atom is -0.352 e. The van der Waals surface area contributed by atoms with Crippen molar-refractivity contribution in [2.24, 2.45) is 0 Å². The van der Waals surface area contributed by atoms with Crippen LogP contribution in [-0.4, -0.2) is 24.0 Å². The van der Waals surface area contributed by atoms with Gasteiger partial charge in [0.2, 0.25) is 5.91 Å². The predicted octanol–water partition coefficient (Wildman–Crippen LogP) is 2.84. The molecule has 2 aromatic rings. The molecule has 0 saturated heterocycles. The van der Waals surface area contributed by atoms with E-state index in [0.717, 1.165) is 18.4 Å². The van der Waals surface area contributed by atoms with Crippen LogP contribution >= 0.6 is 0 Å². The highest BCUT2D eigenvalue weighted by Gasteiger charge is 2.28. The second kappa shape index (κ2) is 7.79. The summed E-state index contributed by atoms with van der Waals surface area (Å²) < 4.78 is 12.9. The first-order chi connectivity index (χ1) is 12.1. The summed E-state index contributed by atoms with van der Waals surface area (Å²) in [4.78, 5) is 24.6. The zero-order valence-corrected chi connectivity index (χ0v) is 13.7. The topological polar surface area (TPSA) is 70.2 Å². The van der Waals surface area contributed by atoms with E-state index in [2.05, 4.69) is 16.0 Å². The maximum atomic E-state index is 12.9. The highest BCUT2D eigenvalue weighted by molar-refractivity contribution is 5.94. The third-order valence-corrected chi connectivity index (χ3v) is 3.93. The lowest BCUT2D eigenvalue weighted by molar-refractivity contribution is -0.123. The molecule has 1 saturated carbocycles. The molecule has 0 heterocycles. The summed E-state index contributed by atoms with van der Waals surface area (Å²) in [6, 6.07) is 14.0. The van der Waals surface area contributed by atoms with Gasteiger partial charge < -0.3 is 16.0 Å². The third kappa shape index (κ3) is 5.31. The quantitative estimate of drug-likeness (QED) is 0.756. The SMILES string of the molecule is O=C(Nc1ccc(F)cc1)N[C@H](Cc1ccccc1)C(=O)NC1CC1. The minimum atomic E-state index is -0.677. The Morgan fingerprint density at radius 3 is 2.36 bits per heavy atom. The molecule has 3 amide bonds. The fraction of sp³-hybridized carbons (Fsp3) is 0.263. The molecule has 130 valence electrons. The van der Waals surface area contributed by atoms with E-state index in [9.17, 15) is 14.0 Å². The van der Waals surface area contributed by atoms with E-state index < -0.39 is 12.1 Å². The normalized spacial score (nSPS) is 14.4. The third-order valence-electron chi connectivity index (χ3n) is 3.93. The van der Waals surface area contributed by atoms with Crippen LogP contribution in [0.2, 0.25) is 0 Å². The summed E-state index contributed by atoms with van der Waals surface area (Å²) in [7, 11) is 0. The molecular weight excluding hydrogens is 321 g/mol. The van der Waals surface area contributed by atoms with Crippen LogP contribution in [-0.2, 0) is 11.2 Å². The van der Waals surface area contributed by atoms with Gasteiger partial charge in [0, 0.05) is 18.2 Å². The zero-order valence-electron chi connectivity index (χ0n) is 13.7. The number of carbonyl (C=O) groups is 2.